The fraction of sp³-hybridized carbons (Fsp3) is 0.750. The molecular weight excluding hydrogens is 259 g/mol. The highest BCUT2D eigenvalue weighted by Gasteiger charge is 2.35. The Morgan fingerprint density at radius 1 is 1.32 bits per heavy atom. The minimum atomic E-state index is -4.52. The van der Waals surface area contributed by atoms with Crippen LogP contribution in [0.25, 0.3) is 0 Å². The fourth-order valence-corrected chi connectivity index (χ4v) is 2.40. The average molecular weight is 277 g/mol. The van der Waals surface area contributed by atoms with Crippen LogP contribution in [0.3, 0.4) is 0 Å². The van der Waals surface area contributed by atoms with E-state index in [-0.39, 0.29) is 0 Å². The van der Waals surface area contributed by atoms with E-state index in [0.717, 1.165) is 23.5 Å². The van der Waals surface area contributed by atoms with E-state index in [0.29, 0.717) is 25.9 Å². The largest absolute Gasteiger partial charge is 0.522 e. The van der Waals surface area contributed by atoms with Gasteiger partial charge in [-0.15, -0.1) is 13.2 Å². The van der Waals surface area contributed by atoms with Gasteiger partial charge in [-0.3, -0.25) is 14.7 Å². The number of rotatable bonds is 3. The van der Waals surface area contributed by atoms with Gasteiger partial charge in [0.25, 0.3) is 0 Å². The lowest BCUT2D eigenvalue weighted by molar-refractivity contribution is -0.345. The molecule has 7 heteroatoms. The van der Waals surface area contributed by atoms with Crippen LogP contribution in [0, 0.1) is 13.8 Å². The van der Waals surface area contributed by atoms with Crippen molar-refractivity contribution < 1.29 is 17.9 Å². The van der Waals surface area contributed by atoms with Gasteiger partial charge in [-0.25, -0.2) is 0 Å². The summed E-state index contributed by atoms with van der Waals surface area (Å²) in [6, 6.07) is 0. The normalized spacial score (nSPS) is 19.0. The van der Waals surface area contributed by atoms with Crippen molar-refractivity contribution in [3.63, 3.8) is 0 Å². The van der Waals surface area contributed by atoms with Gasteiger partial charge in [0.05, 0.1) is 11.8 Å². The van der Waals surface area contributed by atoms with Crippen molar-refractivity contribution in [2.75, 3.05) is 13.1 Å². The molecule has 1 fully saturated rings. The third-order valence-corrected chi connectivity index (χ3v) is 3.50. The Morgan fingerprint density at radius 3 is 2.42 bits per heavy atom. The van der Waals surface area contributed by atoms with Crippen molar-refractivity contribution in [3.8, 4) is 0 Å². The van der Waals surface area contributed by atoms with Crippen LogP contribution in [-0.4, -0.2) is 40.7 Å². The minimum Gasteiger partial charge on any atom is -0.299 e. The molecule has 0 aromatic carbocycles. The van der Waals surface area contributed by atoms with E-state index >= 15 is 0 Å². The Labute approximate surface area is 109 Å². The van der Waals surface area contributed by atoms with Crippen LogP contribution in [0.4, 0.5) is 13.2 Å². The van der Waals surface area contributed by atoms with E-state index in [9.17, 15) is 13.2 Å². The Bertz CT molecular complexity index is 403. The highest BCUT2D eigenvalue weighted by atomic mass is 19.4. The summed E-state index contributed by atoms with van der Waals surface area (Å²) in [5.74, 6) is 0. The molecule has 1 N–H and O–H groups in total. The van der Waals surface area contributed by atoms with Crippen LogP contribution in [0.15, 0.2) is 0 Å². The number of ether oxygens (including phenoxy) is 1. The zero-order valence-electron chi connectivity index (χ0n) is 11.0. The van der Waals surface area contributed by atoms with E-state index in [1.165, 1.54) is 0 Å². The van der Waals surface area contributed by atoms with Crippen molar-refractivity contribution in [1.29, 1.82) is 0 Å². The topological polar surface area (TPSA) is 41.2 Å². The van der Waals surface area contributed by atoms with Crippen molar-refractivity contribution in [1.82, 2.24) is 15.1 Å². The van der Waals surface area contributed by atoms with Crippen LogP contribution in [-0.2, 0) is 11.3 Å². The maximum atomic E-state index is 12.1. The molecule has 2 heterocycles. The number of piperidine rings is 1. The molecule has 1 aromatic rings. The third kappa shape index (κ3) is 3.94. The van der Waals surface area contributed by atoms with Crippen molar-refractivity contribution in [2.24, 2.45) is 0 Å². The zero-order chi connectivity index (χ0) is 14.0. The predicted octanol–water partition coefficient (Wildman–Crippen LogP) is 2.53. The van der Waals surface area contributed by atoms with Crippen molar-refractivity contribution in [2.45, 2.75) is 45.7 Å². The predicted molar refractivity (Wildman–Crippen MR) is 63.5 cm³/mol. The molecule has 0 saturated carbocycles. The lowest BCUT2D eigenvalue weighted by Crippen LogP contribution is -2.38. The van der Waals surface area contributed by atoms with Crippen molar-refractivity contribution in [3.05, 3.63) is 17.0 Å². The van der Waals surface area contributed by atoms with Gasteiger partial charge in [-0.05, 0) is 26.7 Å². The number of hydrogen-bond donors (Lipinski definition) is 1. The Balaban J connectivity index is 1.84. The zero-order valence-corrected chi connectivity index (χ0v) is 11.0. The highest BCUT2D eigenvalue weighted by Crippen LogP contribution is 2.25. The lowest BCUT2D eigenvalue weighted by atomic mass is 10.1. The van der Waals surface area contributed by atoms with Gasteiger partial charge in [0, 0.05) is 30.9 Å². The summed E-state index contributed by atoms with van der Waals surface area (Å²) in [6.45, 7) is 5.84. The Morgan fingerprint density at radius 2 is 1.95 bits per heavy atom. The highest BCUT2D eigenvalue weighted by molar-refractivity contribution is 5.22. The summed E-state index contributed by atoms with van der Waals surface area (Å²) in [7, 11) is 0. The number of nitrogens with one attached hydrogen (secondary N) is 1. The Kier molecular flexibility index (Phi) is 4.15. The van der Waals surface area contributed by atoms with Crippen LogP contribution < -0.4 is 0 Å². The van der Waals surface area contributed by atoms with Crippen LogP contribution >= 0.6 is 0 Å². The maximum absolute atomic E-state index is 12.1. The average Bonchev–Trinajstić information content (AvgIpc) is 2.61. The number of alkyl halides is 3. The third-order valence-electron chi connectivity index (χ3n) is 3.50. The standard InChI is InChI=1S/C12H18F3N3O/c1-8-11(9(2)17-16-8)7-18-5-3-10(4-6-18)19-12(13,14)15/h10H,3-7H2,1-2H3,(H,16,17). The van der Waals surface area contributed by atoms with Gasteiger partial charge in [-0.2, -0.15) is 5.10 Å². The van der Waals surface area contributed by atoms with Gasteiger partial charge in [0.1, 0.15) is 0 Å². The molecule has 108 valence electrons. The second-order valence-electron chi connectivity index (χ2n) is 4.95. The molecule has 19 heavy (non-hydrogen) atoms. The van der Waals surface area contributed by atoms with E-state index in [2.05, 4.69) is 19.8 Å². The number of aromatic amines is 1. The van der Waals surface area contributed by atoms with E-state index in [4.69, 9.17) is 0 Å². The molecular formula is C12H18F3N3O. The van der Waals surface area contributed by atoms with Crippen LogP contribution in [0.5, 0.6) is 0 Å². The quantitative estimate of drug-likeness (QED) is 0.923. The van der Waals surface area contributed by atoms with E-state index in [1.54, 1.807) is 0 Å². The van der Waals surface area contributed by atoms with E-state index in [1.807, 2.05) is 13.8 Å². The van der Waals surface area contributed by atoms with Gasteiger partial charge in [0.15, 0.2) is 0 Å². The van der Waals surface area contributed by atoms with Gasteiger partial charge in [-0.1, -0.05) is 0 Å². The smallest absolute Gasteiger partial charge is 0.299 e. The first-order chi connectivity index (χ1) is 8.85. The number of H-pyrrole nitrogens is 1. The monoisotopic (exact) mass is 277 g/mol. The lowest BCUT2D eigenvalue weighted by Gasteiger charge is -2.32. The maximum Gasteiger partial charge on any atom is 0.522 e. The van der Waals surface area contributed by atoms with Gasteiger partial charge >= 0.3 is 6.36 Å². The first kappa shape index (κ1) is 14.3. The number of likely N-dealkylation sites (tertiary alicyclic amines) is 1. The molecule has 1 aliphatic rings. The Hall–Kier alpha value is -1.08. The number of halogens is 3. The van der Waals surface area contributed by atoms with E-state index < -0.39 is 12.5 Å². The molecule has 0 amide bonds. The summed E-state index contributed by atoms with van der Waals surface area (Å²) in [5, 5.41) is 7.04. The first-order valence-electron chi connectivity index (χ1n) is 6.32. The summed E-state index contributed by atoms with van der Waals surface area (Å²) < 4.78 is 40.4. The minimum absolute atomic E-state index is 0.412. The summed E-state index contributed by atoms with van der Waals surface area (Å²) in [6.07, 6.45) is -4.40. The second-order valence-corrected chi connectivity index (χ2v) is 4.95. The van der Waals surface area contributed by atoms with Gasteiger partial charge < -0.3 is 0 Å². The molecule has 0 bridgehead atoms. The molecule has 0 aliphatic carbocycles. The summed E-state index contributed by atoms with van der Waals surface area (Å²) in [4.78, 5) is 2.14. The van der Waals surface area contributed by atoms with Crippen LogP contribution in [0.1, 0.15) is 29.8 Å². The van der Waals surface area contributed by atoms with Crippen LogP contribution in [0.2, 0.25) is 0 Å². The molecule has 0 radical (unpaired) electrons. The second kappa shape index (κ2) is 5.50. The molecule has 0 unspecified atom stereocenters. The molecule has 2 rings (SSSR count). The van der Waals surface area contributed by atoms with Crippen molar-refractivity contribution >= 4 is 0 Å². The molecule has 0 atom stereocenters. The number of nitrogens with zero attached hydrogens (tertiary/aromatic N) is 2. The SMILES string of the molecule is Cc1n[nH]c(C)c1CN1CCC(OC(F)(F)F)CC1. The number of aromatic nitrogens is 2. The molecule has 1 aromatic heterocycles. The first-order valence-corrected chi connectivity index (χ1v) is 6.32. The fourth-order valence-electron chi connectivity index (χ4n) is 2.40. The number of aryl methyl sites for hydroxylation is 2. The molecule has 4 nitrogen and oxygen atoms in total. The summed E-state index contributed by atoms with van der Waals surface area (Å²) in [5.41, 5.74) is 3.10. The molecule has 1 aliphatic heterocycles. The summed E-state index contributed by atoms with van der Waals surface area (Å²) >= 11 is 0. The number of hydrogen-bond acceptors (Lipinski definition) is 3. The molecule has 1 saturated heterocycles. The molecule has 0 spiro atoms. The van der Waals surface area contributed by atoms with Gasteiger partial charge in [0.2, 0.25) is 0 Å².